The highest BCUT2D eigenvalue weighted by Crippen LogP contribution is 2.07. The van der Waals surface area contributed by atoms with Crippen LogP contribution >= 0.6 is 0 Å². The van der Waals surface area contributed by atoms with Crippen LogP contribution in [-0.4, -0.2) is 40.7 Å². The van der Waals surface area contributed by atoms with Crippen LogP contribution < -0.4 is 0 Å². The van der Waals surface area contributed by atoms with Gasteiger partial charge in [-0.2, -0.15) is 0 Å². The Morgan fingerprint density at radius 3 is 3.00 bits per heavy atom. The van der Waals surface area contributed by atoms with Crippen molar-refractivity contribution in [3.05, 3.63) is 23.8 Å². The lowest BCUT2D eigenvalue weighted by Crippen LogP contribution is -2.40. The molecule has 1 aromatic rings. The van der Waals surface area contributed by atoms with E-state index in [9.17, 15) is 0 Å². The number of morpholine rings is 1. The number of hydrogen-bond acceptors (Lipinski definition) is 4. The lowest BCUT2D eigenvalue weighted by atomic mass is 10.3. The summed E-state index contributed by atoms with van der Waals surface area (Å²) in [6.45, 7) is 7.72. The van der Waals surface area contributed by atoms with E-state index >= 15 is 0 Å². The summed E-state index contributed by atoms with van der Waals surface area (Å²) in [5, 5.41) is 0. The molecular formula is C11H17N3O. The second kappa shape index (κ2) is 4.68. The standard InChI is InChI=1S/C11H17N3O/c1-9-5-13-11(6-12-9)8-14-3-4-15-10(2)7-14/h5-6,10H,3-4,7-8H2,1-2H3. The summed E-state index contributed by atoms with van der Waals surface area (Å²) >= 11 is 0. The van der Waals surface area contributed by atoms with Gasteiger partial charge in [-0.05, 0) is 13.8 Å². The number of hydrogen-bond donors (Lipinski definition) is 0. The van der Waals surface area contributed by atoms with Gasteiger partial charge in [0.2, 0.25) is 0 Å². The molecule has 82 valence electrons. The Morgan fingerprint density at radius 2 is 2.33 bits per heavy atom. The summed E-state index contributed by atoms with van der Waals surface area (Å²) in [5.41, 5.74) is 2.00. The van der Waals surface area contributed by atoms with Crippen molar-refractivity contribution in [3.8, 4) is 0 Å². The Balaban J connectivity index is 1.93. The van der Waals surface area contributed by atoms with Crippen LogP contribution in [0.25, 0.3) is 0 Å². The molecule has 1 unspecified atom stereocenters. The molecule has 0 radical (unpaired) electrons. The second-order valence-electron chi connectivity index (χ2n) is 4.07. The lowest BCUT2D eigenvalue weighted by Gasteiger charge is -2.30. The van der Waals surface area contributed by atoms with E-state index in [0.717, 1.165) is 37.6 Å². The van der Waals surface area contributed by atoms with E-state index < -0.39 is 0 Å². The largest absolute Gasteiger partial charge is 0.376 e. The Hall–Kier alpha value is -1.00. The summed E-state index contributed by atoms with van der Waals surface area (Å²) in [5.74, 6) is 0. The van der Waals surface area contributed by atoms with Crippen LogP contribution in [0.5, 0.6) is 0 Å². The molecular weight excluding hydrogens is 190 g/mol. The smallest absolute Gasteiger partial charge is 0.0727 e. The van der Waals surface area contributed by atoms with Crippen LogP contribution in [0.4, 0.5) is 0 Å². The number of aromatic nitrogens is 2. The van der Waals surface area contributed by atoms with Crippen LogP contribution in [0.1, 0.15) is 18.3 Å². The molecule has 1 fully saturated rings. The van der Waals surface area contributed by atoms with Crippen molar-refractivity contribution in [2.45, 2.75) is 26.5 Å². The molecule has 4 nitrogen and oxygen atoms in total. The lowest BCUT2D eigenvalue weighted by molar-refractivity contribution is -0.0216. The van der Waals surface area contributed by atoms with E-state index in [1.807, 2.05) is 19.3 Å². The third-order valence-electron chi connectivity index (χ3n) is 2.55. The van der Waals surface area contributed by atoms with Crippen LogP contribution in [0.2, 0.25) is 0 Å². The Morgan fingerprint density at radius 1 is 1.47 bits per heavy atom. The summed E-state index contributed by atoms with van der Waals surface area (Å²) in [7, 11) is 0. The predicted octanol–water partition coefficient (Wildman–Crippen LogP) is 1.01. The van der Waals surface area contributed by atoms with Gasteiger partial charge in [0.1, 0.15) is 0 Å². The van der Waals surface area contributed by atoms with Gasteiger partial charge in [-0.25, -0.2) is 0 Å². The van der Waals surface area contributed by atoms with Crippen molar-refractivity contribution in [2.24, 2.45) is 0 Å². The summed E-state index contributed by atoms with van der Waals surface area (Å²) in [6.07, 6.45) is 4.01. The Labute approximate surface area is 90.3 Å². The van der Waals surface area contributed by atoms with Crippen LogP contribution in [0.3, 0.4) is 0 Å². The highest BCUT2D eigenvalue weighted by molar-refractivity contribution is 5.00. The minimum absolute atomic E-state index is 0.331. The van der Waals surface area contributed by atoms with Gasteiger partial charge in [0.05, 0.1) is 24.1 Å². The van der Waals surface area contributed by atoms with Crippen LogP contribution in [-0.2, 0) is 11.3 Å². The highest BCUT2D eigenvalue weighted by atomic mass is 16.5. The normalized spacial score (nSPS) is 22.9. The second-order valence-corrected chi connectivity index (χ2v) is 4.07. The Bertz CT molecular complexity index is 312. The minimum Gasteiger partial charge on any atom is -0.376 e. The average Bonchev–Trinajstić information content (AvgIpc) is 2.22. The first-order valence-corrected chi connectivity index (χ1v) is 5.35. The fourth-order valence-electron chi connectivity index (χ4n) is 1.76. The zero-order valence-electron chi connectivity index (χ0n) is 9.31. The van der Waals surface area contributed by atoms with Crippen molar-refractivity contribution < 1.29 is 4.74 Å². The van der Waals surface area contributed by atoms with E-state index in [2.05, 4.69) is 21.8 Å². The molecule has 15 heavy (non-hydrogen) atoms. The van der Waals surface area contributed by atoms with Gasteiger partial charge in [0.25, 0.3) is 0 Å². The van der Waals surface area contributed by atoms with Crippen molar-refractivity contribution in [1.29, 1.82) is 0 Å². The molecule has 0 aromatic carbocycles. The van der Waals surface area contributed by atoms with E-state index in [4.69, 9.17) is 4.74 Å². The molecule has 1 atom stereocenters. The molecule has 2 rings (SSSR count). The van der Waals surface area contributed by atoms with Crippen LogP contribution in [0, 0.1) is 6.92 Å². The maximum atomic E-state index is 5.49. The molecule has 1 aromatic heterocycles. The van der Waals surface area contributed by atoms with E-state index in [0.29, 0.717) is 6.10 Å². The monoisotopic (exact) mass is 207 g/mol. The SMILES string of the molecule is Cc1cnc(CN2CCOC(C)C2)cn1. The van der Waals surface area contributed by atoms with E-state index in [1.165, 1.54) is 0 Å². The Kier molecular flexibility index (Phi) is 3.28. The van der Waals surface area contributed by atoms with Crippen molar-refractivity contribution in [3.63, 3.8) is 0 Å². The molecule has 4 heteroatoms. The number of aryl methyl sites for hydroxylation is 1. The molecule has 2 heterocycles. The topological polar surface area (TPSA) is 38.2 Å². The van der Waals surface area contributed by atoms with Crippen LogP contribution in [0.15, 0.2) is 12.4 Å². The van der Waals surface area contributed by atoms with Gasteiger partial charge in [-0.1, -0.05) is 0 Å². The van der Waals surface area contributed by atoms with Gasteiger partial charge in [-0.15, -0.1) is 0 Å². The third kappa shape index (κ3) is 2.97. The van der Waals surface area contributed by atoms with Gasteiger partial charge >= 0.3 is 0 Å². The van der Waals surface area contributed by atoms with Gasteiger partial charge in [-0.3, -0.25) is 14.9 Å². The first-order chi connectivity index (χ1) is 7.24. The molecule has 0 aliphatic carbocycles. The zero-order chi connectivity index (χ0) is 10.7. The molecule has 0 saturated carbocycles. The number of nitrogens with zero attached hydrogens (tertiary/aromatic N) is 3. The van der Waals surface area contributed by atoms with Crippen molar-refractivity contribution in [1.82, 2.24) is 14.9 Å². The molecule has 0 N–H and O–H groups in total. The van der Waals surface area contributed by atoms with Crippen molar-refractivity contribution in [2.75, 3.05) is 19.7 Å². The molecule has 1 aliphatic rings. The maximum absolute atomic E-state index is 5.49. The summed E-state index contributed by atoms with van der Waals surface area (Å²) in [6, 6.07) is 0. The van der Waals surface area contributed by atoms with Crippen molar-refractivity contribution >= 4 is 0 Å². The van der Waals surface area contributed by atoms with E-state index in [-0.39, 0.29) is 0 Å². The first-order valence-electron chi connectivity index (χ1n) is 5.35. The minimum atomic E-state index is 0.331. The molecule has 1 saturated heterocycles. The number of ether oxygens (including phenoxy) is 1. The highest BCUT2D eigenvalue weighted by Gasteiger charge is 2.16. The van der Waals surface area contributed by atoms with Gasteiger partial charge < -0.3 is 4.74 Å². The third-order valence-corrected chi connectivity index (χ3v) is 2.55. The summed E-state index contributed by atoms with van der Waals surface area (Å²) in [4.78, 5) is 11.0. The summed E-state index contributed by atoms with van der Waals surface area (Å²) < 4.78 is 5.49. The molecule has 0 spiro atoms. The van der Waals surface area contributed by atoms with Gasteiger partial charge in [0.15, 0.2) is 0 Å². The van der Waals surface area contributed by atoms with E-state index in [1.54, 1.807) is 0 Å². The number of rotatable bonds is 2. The first kappa shape index (κ1) is 10.5. The quantitative estimate of drug-likeness (QED) is 0.725. The molecule has 0 bridgehead atoms. The average molecular weight is 207 g/mol. The molecule has 0 amide bonds. The fourth-order valence-corrected chi connectivity index (χ4v) is 1.76. The molecule has 1 aliphatic heterocycles. The zero-order valence-corrected chi connectivity index (χ0v) is 9.31. The maximum Gasteiger partial charge on any atom is 0.0727 e. The fraction of sp³-hybridized carbons (Fsp3) is 0.636. The van der Waals surface area contributed by atoms with Gasteiger partial charge in [0, 0.05) is 32.0 Å². The predicted molar refractivity (Wildman–Crippen MR) is 57.5 cm³/mol.